The Kier molecular flexibility index (Phi) is 6.29. The van der Waals surface area contributed by atoms with Crippen LogP contribution in [0.1, 0.15) is 73.0 Å². The Hall–Kier alpha value is -3.09. The Balaban J connectivity index is 1.86. The summed E-state index contributed by atoms with van der Waals surface area (Å²) in [6.07, 6.45) is 4.76. The van der Waals surface area contributed by atoms with Gasteiger partial charge in [-0.3, -0.25) is 4.79 Å². The molecule has 3 rings (SSSR count). The number of aryl methyl sites for hydroxylation is 1. The predicted molar refractivity (Wildman–Crippen MR) is 121 cm³/mol. The van der Waals surface area contributed by atoms with Gasteiger partial charge in [0, 0.05) is 23.2 Å². The Labute approximate surface area is 177 Å². The number of nitrogens with one attached hydrogen (secondary N) is 1. The van der Waals surface area contributed by atoms with Crippen LogP contribution in [-0.2, 0) is 12.8 Å². The number of fused-ring (bicyclic) bond motifs is 1. The molecule has 1 amide bonds. The minimum Gasteiger partial charge on any atom is -0.455 e. The van der Waals surface area contributed by atoms with E-state index in [0.717, 1.165) is 47.5 Å². The molecule has 2 aromatic rings. The maximum absolute atomic E-state index is 12.9. The van der Waals surface area contributed by atoms with Crippen molar-refractivity contribution in [1.82, 2.24) is 0 Å². The lowest BCUT2D eigenvalue weighted by Gasteiger charge is -2.29. The monoisotopic (exact) mass is 409 g/mol. The molecule has 0 atom stereocenters. The molecule has 1 aliphatic rings. The zero-order valence-corrected chi connectivity index (χ0v) is 18.2. The fraction of sp³-hybridized carbons (Fsp3) is 0.435. The third kappa shape index (κ3) is 4.90. The first kappa shape index (κ1) is 21.6. The van der Waals surface area contributed by atoms with Crippen molar-refractivity contribution in [3.63, 3.8) is 0 Å². The van der Waals surface area contributed by atoms with E-state index < -0.39 is 0 Å². The van der Waals surface area contributed by atoms with Gasteiger partial charge in [0.2, 0.25) is 5.96 Å². The maximum Gasteiger partial charge on any atom is 0.291 e. The number of nitrogens with zero attached hydrogens (tertiary/aromatic N) is 2. The molecule has 160 valence electrons. The fourth-order valence-corrected chi connectivity index (χ4v) is 3.86. The zero-order valence-electron chi connectivity index (χ0n) is 18.2. The number of amides is 1. The summed E-state index contributed by atoms with van der Waals surface area (Å²) < 4.78 is 6.02. The highest BCUT2D eigenvalue weighted by Gasteiger charge is 2.36. The molecular weight excluding hydrogens is 378 g/mol. The van der Waals surface area contributed by atoms with E-state index in [1.165, 1.54) is 5.56 Å². The molecule has 1 aromatic heterocycles. The van der Waals surface area contributed by atoms with Crippen molar-refractivity contribution in [3.8, 4) is 0 Å². The van der Waals surface area contributed by atoms with E-state index in [0.29, 0.717) is 18.6 Å². The summed E-state index contributed by atoms with van der Waals surface area (Å²) >= 11 is 0. The SMILES string of the molecule is CCCCc1ccc(NC(=O)c2oc3c(c2C)/C(=N\N=C(N)N)CC(C)(C)C3)cc1. The second-order valence-corrected chi connectivity index (χ2v) is 8.70. The number of guanidine groups is 1. The molecule has 0 fully saturated rings. The summed E-state index contributed by atoms with van der Waals surface area (Å²) in [5.74, 6) is 0.662. The largest absolute Gasteiger partial charge is 0.455 e. The number of unbranched alkanes of at least 4 members (excludes halogenated alkanes) is 1. The van der Waals surface area contributed by atoms with Crippen molar-refractivity contribution in [1.29, 1.82) is 0 Å². The number of rotatable bonds is 6. The molecule has 0 unspecified atom stereocenters. The summed E-state index contributed by atoms with van der Waals surface area (Å²) in [7, 11) is 0. The molecule has 0 aliphatic heterocycles. The van der Waals surface area contributed by atoms with Gasteiger partial charge in [-0.05, 0) is 49.3 Å². The van der Waals surface area contributed by atoms with E-state index in [1.807, 2.05) is 31.2 Å². The van der Waals surface area contributed by atoms with E-state index in [-0.39, 0.29) is 17.3 Å². The molecule has 1 aromatic carbocycles. The van der Waals surface area contributed by atoms with Crippen LogP contribution in [0.15, 0.2) is 38.9 Å². The van der Waals surface area contributed by atoms with Crippen LogP contribution in [0.4, 0.5) is 5.69 Å². The van der Waals surface area contributed by atoms with Gasteiger partial charge in [-0.2, -0.15) is 5.10 Å². The molecule has 30 heavy (non-hydrogen) atoms. The van der Waals surface area contributed by atoms with Crippen molar-refractivity contribution in [3.05, 3.63) is 52.5 Å². The Morgan fingerprint density at radius 1 is 1.20 bits per heavy atom. The molecule has 1 heterocycles. The number of nitrogens with two attached hydrogens (primary N) is 2. The quantitative estimate of drug-likeness (QED) is 0.377. The van der Waals surface area contributed by atoms with Gasteiger partial charge in [-0.1, -0.05) is 39.3 Å². The van der Waals surface area contributed by atoms with Gasteiger partial charge in [-0.15, -0.1) is 5.10 Å². The van der Waals surface area contributed by atoms with Gasteiger partial charge in [0.05, 0.1) is 5.71 Å². The molecule has 1 aliphatic carbocycles. The maximum atomic E-state index is 12.9. The topological polar surface area (TPSA) is 119 Å². The lowest BCUT2D eigenvalue weighted by molar-refractivity contribution is 0.0993. The summed E-state index contributed by atoms with van der Waals surface area (Å²) in [6, 6.07) is 7.95. The van der Waals surface area contributed by atoms with Crippen LogP contribution in [0, 0.1) is 12.3 Å². The summed E-state index contributed by atoms with van der Waals surface area (Å²) in [4.78, 5) is 12.9. The van der Waals surface area contributed by atoms with Crippen LogP contribution >= 0.6 is 0 Å². The summed E-state index contributed by atoms with van der Waals surface area (Å²) in [5.41, 5.74) is 15.1. The van der Waals surface area contributed by atoms with Crippen molar-refractivity contribution in [2.45, 2.75) is 59.8 Å². The molecule has 0 spiro atoms. The smallest absolute Gasteiger partial charge is 0.291 e. The van der Waals surface area contributed by atoms with Crippen molar-refractivity contribution in [2.75, 3.05) is 5.32 Å². The second-order valence-electron chi connectivity index (χ2n) is 8.70. The highest BCUT2D eigenvalue weighted by Crippen LogP contribution is 2.39. The van der Waals surface area contributed by atoms with Crippen LogP contribution in [0.5, 0.6) is 0 Å². The molecule has 0 bridgehead atoms. The molecular formula is C23H31N5O2. The van der Waals surface area contributed by atoms with Gasteiger partial charge in [0.1, 0.15) is 5.76 Å². The Morgan fingerprint density at radius 3 is 2.53 bits per heavy atom. The highest BCUT2D eigenvalue weighted by molar-refractivity contribution is 6.09. The van der Waals surface area contributed by atoms with Crippen molar-refractivity contribution < 1.29 is 9.21 Å². The molecule has 5 N–H and O–H groups in total. The molecule has 7 heteroatoms. The van der Waals surface area contributed by atoms with E-state index in [4.69, 9.17) is 15.9 Å². The second kappa shape index (κ2) is 8.73. The van der Waals surface area contributed by atoms with Crippen LogP contribution in [-0.4, -0.2) is 17.6 Å². The van der Waals surface area contributed by atoms with Gasteiger partial charge in [-0.25, -0.2) is 0 Å². The average Bonchev–Trinajstić information content (AvgIpc) is 3.00. The summed E-state index contributed by atoms with van der Waals surface area (Å²) in [6.45, 7) is 8.29. The average molecular weight is 410 g/mol. The third-order valence-electron chi connectivity index (χ3n) is 5.32. The van der Waals surface area contributed by atoms with Gasteiger partial charge >= 0.3 is 0 Å². The standard InChI is InChI=1S/C23H31N5O2/c1-5-6-7-15-8-10-16(11-9-15)26-21(29)20-14(2)19-17(27-28-22(24)25)12-23(3,4)13-18(19)30-20/h8-11H,5-7,12-13H2,1-4H3,(H,26,29)(H4,24,25,28)/b27-17-. The van der Waals surface area contributed by atoms with E-state index in [9.17, 15) is 4.79 Å². The number of carbonyl (C=O) groups excluding carboxylic acids is 1. The van der Waals surface area contributed by atoms with E-state index in [2.05, 4.69) is 36.3 Å². The third-order valence-corrected chi connectivity index (χ3v) is 5.32. The molecule has 0 saturated carbocycles. The van der Waals surface area contributed by atoms with E-state index >= 15 is 0 Å². The predicted octanol–water partition coefficient (Wildman–Crippen LogP) is 4.13. The first-order chi connectivity index (χ1) is 14.2. The normalized spacial score (nSPS) is 16.2. The molecule has 0 radical (unpaired) electrons. The van der Waals surface area contributed by atoms with Gasteiger partial charge < -0.3 is 21.2 Å². The van der Waals surface area contributed by atoms with Crippen molar-refractivity contribution >= 4 is 23.3 Å². The first-order valence-corrected chi connectivity index (χ1v) is 10.4. The van der Waals surface area contributed by atoms with Crippen LogP contribution in [0.25, 0.3) is 0 Å². The van der Waals surface area contributed by atoms with Crippen LogP contribution < -0.4 is 16.8 Å². The number of benzene rings is 1. The molecule has 0 saturated heterocycles. The first-order valence-electron chi connectivity index (χ1n) is 10.4. The van der Waals surface area contributed by atoms with Gasteiger partial charge in [0.25, 0.3) is 5.91 Å². The Morgan fingerprint density at radius 2 is 1.90 bits per heavy atom. The van der Waals surface area contributed by atoms with Crippen molar-refractivity contribution in [2.24, 2.45) is 27.1 Å². The van der Waals surface area contributed by atoms with Gasteiger partial charge in [0.15, 0.2) is 5.76 Å². The lowest BCUT2D eigenvalue weighted by Crippen LogP contribution is -2.27. The highest BCUT2D eigenvalue weighted by atomic mass is 16.4. The number of hydrogen-bond donors (Lipinski definition) is 3. The minimum absolute atomic E-state index is 0.0723. The number of carbonyl (C=O) groups is 1. The summed E-state index contributed by atoms with van der Waals surface area (Å²) in [5, 5.41) is 11.0. The minimum atomic E-state index is -0.276. The number of furan rings is 1. The molecule has 7 nitrogen and oxygen atoms in total. The van der Waals surface area contributed by atoms with Crippen LogP contribution in [0.3, 0.4) is 0 Å². The number of hydrogen-bond acceptors (Lipinski definition) is 4. The van der Waals surface area contributed by atoms with Crippen LogP contribution in [0.2, 0.25) is 0 Å². The fourth-order valence-electron chi connectivity index (χ4n) is 3.86. The lowest BCUT2D eigenvalue weighted by atomic mass is 9.75. The van der Waals surface area contributed by atoms with E-state index in [1.54, 1.807) is 0 Å². The number of anilines is 1. The zero-order chi connectivity index (χ0) is 21.9. The Bertz CT molecular complexity index is 980.